The quantitative estimate of drug-likeness (QED) is 0.439. The lowest BCUT2D eigenvalue weighted by Crippen LogP contribution is -2.50. The Bertz CT molecular complexity index is 1020. The number of hydrogen-bond donors (Lipinski definition) is 0. The molecule has 4 aliphatic carbocycles. The molecule has 1 aliphatic heterocycles. The summed E-state index contributed by atoms with van der Waals surface area (Å²) < 4.78 is 11.0. The topological polar surface area (TPSA) is 30.4 Å². The second-order valence-corrected chi connectivity index (χ2v) is 12.5. The summed E-state index contributed by atoms with van der Waals surface area (Å²) in [5.41, 5.74) is 4.50. The van der Waals surface area contributed by atoms with Gasteiger partial charge in [0.25, 0.3) is 0 Å². The number of imidazole rings is 1. The van der Waals surface area contributed by atoms with Gasteiger partial charge in [-0.15, -0.1) is 0 Å². The lowest BCUT2D eigenvalue weighted by molar-refractivity contribution is -0.696. The predicted octanol–water partition coefficient (Wildman–Crippen LogP) is 6.42. The molecule has 0 spiro atoms. The molecule has 1 atom stereocenters. The minimum absolute atomic E-state index is 0.299. The molecule has 4 saturated carbocycles. The van der Waals surface area contributed by atoms with E-state index in [-0.39, 0.29) is 0 Å². The van der Waals surface area contributed by atoms with Crippen LogP contribution in [0.15, 0.2) is 41.9 Å². The number of ether oxygens (including phenoxy) is 1. The van der Waals surface area contributed by atoms with Crippen LogP contribution in [-0.4, -0.2) is 23.1 Å². The Labute approximate surface area is 205 Å². The average Bonchev–Trinajstić information content (AvgIpc) is 3.46. The van der Waals surface area contributed by atoms with Gasteiger partial charge in [-0.3, -0.25) is 0 Å². The molecule has 0 unspecified atom stereocenters. The lowest BCUT2D eigenvalue weighted by atomic mass is 9.49. The summed E-state index contributed by atoms with van der Waals surface area (Å²) in [6.45, 7) is 10.9. The molecule has 2 heterocycles. The summed E-state index contributed by atoms with van der Waals surface area (Å²) in [5.74, 6) is 4.96. The van der Waals surface area contributed by atoms with E-state index < -0.39 is 0 Å². The second-order valence-electron chi connectivity index (χ2n) is 12.5. The van der Waals surface area contributed by atoms with E-state index in [0.29, 0.717) is 23.3 Å². The van der Waals surface area contributed by atoms with E-state index in [2.05, 4.69) is 73.7 Å². The van der Waals surface area contributed by atoms with Crippen molar-refractivity contribution in [3.8, 4) is 5.69 Å². The summed E-state index contributed by atoms with van der Waals surface area (Å²) in [5, 5.41) is 0. The fraction of sp³-hybridized carbons (Fsp3) is 0.667. The molecule has 0 radical (unpaired) electrons. The number of rotatable bonds is 7. The van der Waals surface area contributed by atoms with Crippen LogP contribution in [0.2, 0.25) is 0 Å². The first-order valence-corrected chi connectivity index (χ1v) is 13.8. The van der Waals surface area contributed by atoms with Gasteiger partial charge < -0.3 is 4.74 Å². The van der Waals surface area contributed by atoms with Crippen molar-refractivity contribution in [2.75, 3.05) is 6.61 Å². The largest absolute Gasteiger partial charge is 0.478 e. The molecule has 0 saturated heterocycles. The molecule has 0 amide bonds. The molecule has 2 aromatic rings. The predicted molar refractivity (Wildman–Crippen MR) is 137 cm³/mol. The van der Waals surface area contributed by atoms with E-state index in [1.54, 1.807) is 0 Å². The van der Waals surface area contributed by atoms with Crippen molar-refractivity contribution in [1.29, 1.82) is 0 Å². The highest BCUT2D eigenvalue weighted by atomic mass is 16.5. The van der Waals surface area contributed by atoms with E-state index in [1.165, 1.54) is 55.3 Å². The number of aliphatic imine (C=N–C) groups is 1. The molecular formula is C30H42N3O+. The van der Waals surface area contributed by atoms with E-state index in [4.69, 9.17) is 9.73 Å². The van der Waals surface area contributed by atoms with Gasteiger partial charge in [-0.05, 0) is 68.1 Å². The number of para-hydroxylation sites is 1. The maximum atomic E-state index is 6.33. The molecule has 4 heteroatoms. The van der Waals surface area contributed by atoms with Gasteiger partial charge in [0.05, 0.1) is 12.6 Å². The van der Waals surface area contributed by atoms with Gasteiger partial charge in [0.2, 0.25) is 6.33 Å². The highest BCUT2D eigenvalue weighted by molar-refractivity contribution is 5.84. The molecule has 1 aromatic carbocycles. The Balaban J connectivity index is 1.16. The molecule has 4 nitrogen and oxygen atoms in total. The monoisotopic (exact) mass is 460 g/mol. The molecular weight excluding hydrogens is 418 g/mol. The number of nitrogens with zero attached hydrogens (tertiary/aromatic N) is 3. The van der Waals surface area contributed by atoms with Gasteiger partial charge in [-0.2, -0.15) is 0 Å². The van der Waals surface area contributed by atoms with Crippen molar-refractivity contribution in [2.45, 2.75) is 97.1 Å². The van der Waals surface area contributed by atoms with E-state index in [9.17, 15) is 0 Å². The van der Waals surface area contributed by atoms with Crippen LogP contribution in [0.4, 0.5) is 0 Å². The molecule has 0 N–H and O–H groups in total. The first kappa shape index (κ1) is 22.4. The maximum absolute atomic E-state index is 6.33. The Morgan fingerprint density at radius 1 is 1.00 bits per heavy atom. The third-order valence-corrected chi connectivity index (χ3v) is 9.22. The van der Waals surface area contributed by atoms with Crippen molar-refractivity contribution in [1.82, 2.24) is 4.57 Å². The van der Waals surface area contributed by atoms with Crippen molar-refractivity contribution >= 4 is 5.90 Å². The highest BCUT2D eigenvalue weighted by Crippen LogP contribution is 2.61. The first-order valence-electron chi connectivity index (χ1n) is 13.8. The number of aromatic nitrogens is 2. The highest BCUT2D eigenvalue weighted by Gasteiger charge is 2.55. The Morgan fingerprint density at radius 2 is 1.62 bits per heavy atom. The summed E-state index contributed by atoms with van der Waals surface area (Å²) in [7, 11) is 0. The first-order chi connectivity index (χ1) is 16.4. The normalized spacial score (nSPS) is 32.0. The fourth-order valence-corrected chi connectivity index (χ4v) is 7.99. The zero-order valence-electron chi connectivity index (χ0n) is 21.5. The van der Waals surface area contributed by atoms with Crippen LogP contribution >= 0.6 is 0 Å². The van der Waals surface area contributed by atoms with Gasteiger partial charge in [0.15, 0.2) is 5.90 Å². The van der Waals surface area contributed by atoms with Crippen LogP contribution in [0.5, 0.6) is 0 Å². The van der Waals surface area contributed by atoms with Gasteiger partial charge in [-0.25, -0.2) is 14.1 Å². The Kier molecular flexibility index (Phi) is 5.61. The van der Waals surface area contributed by atoms with Crippen LogP contribution in [0, 0.1) is 23.2 Å². The Morgan fingerprint density at radius 3 is 2.21 bits per heavy atom. The summed E-state index contributed by atoms with van der Waals surface area (Å²) >= 11 is 0. The van der Waals surface area contributed by atoms with Crippen molar-refractivity contribution < 1.29 is 9.30 Å². The maximum Gasteiger partial charge on any atom is 0.248 e. The average molecular weight is 461 g/mol. The van der Waals surface area contributed by atoms with Gasteiger partial charge in [0, 0.05) is 23.0 Å². The summed E-state index contributed by atoms with van der Waals surface area (Å²) in [6, 6.07) is 7.10. The Hall–Kier alpha value is -2.10. The van der Waals surface area contributed by atoms with E-state index in [1.807, 2.05) is 0 Å². The molecule has 4 bridgehead atoms. The summed E-state index contributed by atoms with van der Waals surface area (Å²) in [4.78, 5) is 5.21. The van der Waals surface area contributed by atoms with E-state index in [0.717, 1.165) is 43.2 Å². The minimum Gasteiger partial charge on any atom is -0.478 e. The minimum atomic E-state index is 0.299. The van der Waals surface area contributed by atoms with Crippen molar-refractivity contribution in [3.63, 3.8) is 0 Å². The van der Waals surface area contributed by atoms with Crippen LogP contribution in [0.25, 0.3) is 5.69 Å². The lowest BCUT2D eigenvalue weighted by Gasteiger charge is -2.56. The molecule has 182 valence electrons. The molecule has 5 aliphatic rings. The number of benzene rings is 1. The smallest absolute Gasteiger partial charge is 0.248 e. The molecule has 4 fully saturated rings. The van der Waals surface area contributed by atoms with Crippen LogP contribution < -0.4 is 4.57 Å². The fourth-order valence-electron chi connectivity index (χ4n) is 7.99. The van der Waals surface area contributed by atoms with Crippen LogP contribution in [0.1, 0.15) is 95.6 Å². The summed E-state index contributed by atoms with van der Waals surface area (Å²) in [6.07, 6.45) is 16.2. The number of aryl methyl sites for hydroxylation is 1. The number of hydrogen-bond acceptors (Lipinski definition) is 2. The zero-order valence-corrected chi connectivity index (χ0v) is 21.5. The van der Waals surface area contributed by atoms with Gasteiger partial charge in [-0.1, -0.05) is 45.9 Å². The van der Waals surface area contributed by atoms with Crippen LogP contribution in [0.3, 0.4) is 0 Å². The molecule has 1 aromatic heterocycles. The SMILES string of the molecule is CC(C)c1cccc(C(C)C)c1-n1cc[n+](CC[C@H]2COC(C34CC5CC(CC(C5)C3)C4)=N2)c1. The zero-order chi connectivity index (χ0) is 23.4. The standard InChI is InChI=1S/C30H42N3O/c1-20(2)26-6-5-7-27(21(3)4)28(26)33-11-10-32(19-33)9-8-25-18-34-29(31-25)30-15-22-12-23(16-30)14-24(13-22)17-30/h5-7,10-11,19-25H,8-9,12-18H2,1-4H3/q+1/t22?,23?,24?,25-,30?/m0/s1. The third-order valence-electron chi connectivity index (χ3n) is 9.22. The molecule has 7 rings (SSSR count). The van der Waals surface area contributed by atoms with Crippen molar-refractivity contribution in [3.05, 3.63) is 48.0 Å². The van der Waals surface area contributed by atoms with Crippen LogP contribution in [-0.2, 0) is 11.3 Å². The van der Waals surface area contributed by atoms with E-state index >= 15 is 0 Å². The van der Waals surface area contributed by atoms with Crippen molar-refractivity contribution in [2.24, 2.45) is 28.2 Å². The van der Waals surface area contributed by atoms with Gasteiger partial charge in [0.1, 0.15) is 24.7 Å². The van der Waals surface area contributed by atoms with Gasteiger partial charge >= 0.3 is 0 Å². The molecule has 34 heavy (non-hydrogen) atoms. The third kappa shape index (κ3) is 3.91. The second kappa shape index (κ2) is 8.53.